The van der Waals surface area contributed by atoms with Crippen LogP contribution in [0.25, 0.3) is 22.2 Å². The van der Waals surface area contributed by atoms with Crippen LogP contribution >= 0.6 is 23.2 Å². The molecule has 0 saturated heterocycles. The summed E-state index contributed by atoms with van der Waals surface area (Å²) in [5.74, 6) is 0.414. The number of anilines is 2. The quantitative estimate of drug-likeness (QED) is 0.494. The van der Waals surface area contributed by atoms with Gasteiger partial charge in [0.2, 0.25) is 5.95 Å². The predicted molar refractivity (Wildman–Crippen MR) is 115 cm³/mol. The van der Waals surface area contributed by atoms with E-state index in [-0.39, 0.29) is 5.56 Å². The van der Waals surface area contributed by atoms with E-state index in [0.29, 0.717) is 38.2 Å². The van der Waals surface area contributed by atoms with Crippen molar-refractivity contribution in [2.45, 2.75) is 6.92 Å². The topological polar surface area (TPSA) is 59.8 Å². The number of nitrogens with one attached hydrogen (secondary N) is 1. The Morgan fingerprint density at radius 2 is 1.75 bits per heavy atom. The molecule has 4 rings (SSSR count). The molecule has 0 spiro atoms. The lowest BCUT2D eigenvalue weighted by Crippen LogP contribution is -2.20. The second kappa shape index (κ2) is 7.26. The van der Waals surface area contributed by atoms with Crippen LogP contribution in [-0.4, -0.2) is 14.5 Å². The van der Waals surface area contributed by atoms with Gasteiger partial charge in [-0.05, 0) is 42.8 Å². The van der Waals surface area contributed by atoms with Gasteiger partial charge in [-0.3, -0.25) is 9.36 Å². The first-order valence-corrected chi connectivity index (χ1v) is 9.34. The molecule has 7 heteroatoms. The number of aromatic nitrogens is 3. The van der Waals surface area contributed by atoms with Gasteiger partial charge in [-0.2, -0.15) is 4.98 Å². The number of fused-ring (bicyclic) bond motifs is 1. The standard InChI is InChI=1S/C21H16Cl2N4O/c1-12-5-3-6-14(9-12)25-21-24-11-13-10-15(20(28)27(2)19(13)26-21)18-16(22)7-4-8-17(18)23/h3-11H,1-2H3,(H,24,25,26). The summed E-state index contributed by atoms with van der Waals surface area (Å²) in [4.78, 5) is 21.9. The maximum absolute atomic E-state index is 13.0. The third kappa shape index (κ3) is 3.35. The van der Waals surface area contributed by atoms with Crippen molar-refractivity contribution in [3.63, 3.8) is 0 Å². The summed E-state index contributed by atoms with van der Waals surface area (Å²) in [6, 6.07) is 14.8. The molecule has 0 aliphatic rings. The zero-order valence-electron chi connectivity index (χ0n) is 15.2. The van der Waals surface area contributed by atoms with Crippen LogP contribution in [-0.2, 0) is 7.05 Å². The predicted octanol–water partition coefficient (Wildman–Crippen LogP) is 5.35. The fraction of sp³-hybridized carbons (Fsp3) is 0.0952. The van der Waals surface area contributed by atoms with Gasteiger partial charge in [0.1, 0.15) is 5.65 Å². The van der Waals surface area contributed by atoms with Crippen LogP contribution in [0, 0.1) is 6.92 Å². The smallest absolute Gasteiger partial charge is 0.259 e. The molecule has 5 nitrogen and oxygen atoms in total. The molecular weight excluding hydrogens is 395 g/mol. The highest BCUT2D eigenvalue weighted by molar-refractivity contribution is 6.39. The van der Waals surface area contributed by atoms with Crippen molar-refractivity contribution in [1.82, 2.24) is 14.5 Å². The van der Waals surface area contributed by atoms with Crippen molar-refractivity contribution >= 4 is 45.9 Å². The minimum Gasteiger partial charge on any atom is -0.324 e. The Morgan fingerprint density at radius 3 is 2.46 bits per heavy atom. The summed E-state index contributed by atoms with van der Waals surface area (Å²) in [7, 11) is 1.67. The van der Waals surface area contributed by atoms with Gasteiger partial charge in [0.25, 0.3) is 5.56 Å². The fourth-order valence-electron chi connectivity index (χ4n) is 3.09. The molecule has 2 aromatic heterocycles. The molecule has 0 aliphatic heterocycles. The Morgan fingerprint density at radius 1 is 1.04 bits per heavy atom. The Balaban J connectivity index is 1.84. The van der Waals surface area contributed by atoms with E-state index in [2.05, 4.69) is 15.3 Å². The number of rotatable bonds is 3. The lowest BCUT2D eigenvalue weighted by molar-refractivity contribution is 0.887. The minimum atomic E-state index is -0.234. The lowest BCUT2D eigenvalue weighted by atomic mass is 10.1. The number of benzene rings is 2. The van der Waals surface area contributed by atoms with E-state index in [1.807, 2.05) is 31.2 Å². The second-order valence-corrected chi connectivity index (χ2v) is 7.30. The van der Waals surface area contributed by atoms with E-state index in [0.717, 1.165) is 11.3 Å². The lowest BCUT2D eigenvalue weighted by Gasteiger charge is -2.12. The van der Waals surface area contributed by atoms with Crippen molar-refractivity contribution in [2.24, 2.45) is 7.05 Å². The van der Waals surface area contributed by atoms with Crippen LogP contribution in [0.2, 0.25) is 10.0 Å². The van der Waals surface area contributed by atoms with Crippen LogP contribution in [0.5, 0.6) is 0 Å². The molecule has 28 heavy (non-hydrogen) atoms. The molecule has 1 N–H and O–H groups in total. The molecule has 0 bridgehead atoms. The minimum absolute atomic E-state index is 0.234. The number of hydrogen-bond donors (Lipinski definition) is 1. The van der Waals surface area contributed by atoms with E-state index in [9.17, 15) is 4.79 Å². The SMILES string of the molecule is Cc1cccc(Nc2ncc3cc(-c4c(Cl)cccc4Cl)c(=O)n(C)c3n2)c1. The molecule has 4 aromatic rings. The molecule has 2 aromatic carbocycles. The van der Waals surface area contributed by atoms with Crippen molar-refractivity contribution < 1.29 is 0 Å². The molecule has 2 heterocycles. The van der Waals surface area contributed by atoms with Gasteiger partial charge >= 0.3 is 0 Å². The van der Waals surface area contributed by atoms with Crippen molar-refractivity contribution in [3.05, 3.63) is 80.7 Å². The van der Waals surface area contributed by atoms with Crippen LogP contribution < -0.4 is 10.9 Å². The summed E-state index contributed by atoms with van der Waals surface area (Å²) in [5, 5.41) is 4.72. The maximum Gasteiger partial charge on any atom is 0.259 e. The molecule has 0 saturated carbocycles. The summed E-state index contributed by atoms with van der Waals surface area (Å²) in [5.41, 5.74) is 3.21. The third-order valence-corrected chi connectivity index (χ3v) is 5.08. The normalized spacial score (nSPS) is 11.0. The van der Waals surface area contributed by atoms with Crippen LogP contribution in [0.4, 0.5) is 11.6 Å². The number of pyridine rings is 1. The molecular formula is C21H16Cl2N4O. The molecule has 0 aliphatic carbocycles. The molecule has 0 unspecified atom stereocenters. The van der Waals surface area contributed by atoms with E-state index in [1.165, 1.54) is 4.57 Å². The highest BCUT2D eigenvalue weighted by atomic mass is 35.5. The highest BCUT2D eigenvalue weighted by Gasteiger charge is 2.16. The monoisotopic (exact) mass is 410 g/mol. The fourth-order valence-corrected chi connectivity index (χ4v) is 3.69. The summed E-state index contributed by atoms with van der Waals surface area (Å²) in [6.07, 6.45) is 1.67. The Bertz CT molecular complexity index is 1250. The first-order valence-electron chi connectivity index (χ1n) is 8.59. The average Bonchev–Trinajstić information content (AvgIpc) is 2.66. The summed E-state index contributed by atoms with van der Waals surface area (Å²) < 4.78 is 1.48. The van der Waals surface area contributed by atoms with Crippen LogP contribution in [0.15, 0.2) is 59.5 Å². The molecule has 0 fully saturated rings. The Hall–Kier alpha value is -2.89. The average molecular weight is 411 g/mol. The Labute approximate surface area is 171 Å². The largest absolute Gasteiger partial charge is 0.324 e. The van der Waals surface area contributed by atoms with E-state index < -0.39 is 0 Å². The van der Waals surface area contributed by atoms with Crippen LogP contribution in [0.3, 0.4) is 0 Å². The van der Waals surface area contributed by atoms with Gasteiger partial charge in [-0.1, -0.05) is 41.4 Å². The number of nitrogens with zero attached hydrogens (tertiary/aromatic N) is 3. The van der Waals surface area contributed by atoms with E-state index >= 15 is 0 Å². The van der Waals surface area contributed by atoms with Gasteiger partial charge in [0, 0.05) is 29.9 Å². The number of hydrogen-bond acceptors (Lipinski definition) is 4. The third-order valence-electron chi connectivity index (χ3n) is 4.45. The van der Waals surface area contributed by atoms with Crippen LogP contribution in [0.1, 0.15) is 5.56 Å². The molecule has 0 atom stereocenters. The van der Waals surface area contributed by atoms with Crippen molar-refractivity contribution in [3.8, 4) is 11.1 Å². The first kappa shape index (κ1) is 18.5. The van der Waals surface area contributed by atoms with Crippen molar-refractivity contribution in [2.75, 3.05) is 5.32 Å². The zero-order chi connectivity index (χ0) is 19.8. The number of aryl methyl sites for hydroxylation is 2. The van der Waals surface area contributed by atoms with Gasteiger partial charge in [-0.15, -0.1) is 0 Å². The first-order chi connectivity index (χ1) is 13.4. The van der Waals surface area contributed by atoms with Gasteiger partial charge in [0.05, 0.1) is 15.6 Å². The summed E-state index contributed by atoms with van der Waals surface area (Å²) in [6.45, 7) is 2.01. The molecule has 0 amide bonds. The summed E-state index contributed by atoms with van der Waals surface area (Å²) >= 11 is 12.6. The maximum atomic E-state index is 13.0. The Kier molecular flexibility index (Phi) is 4.79. The van der Waals surface area contributed by atoms with Crippen molar-refractivity contribution in [1.29, 1.82) is 0 Å². The zero-order valence-corrected chi connectivity index (χ0v) is 16.7. The van der Waals surface area contributed by atoms with E-state index in [4.69, 9.17) is 23.2 Å². The number of halogens is 2. The highest BCUT2D eigenvalue weighted by Crippen LogP contribution is 2.33. The molecule has 0 radical (unpaired) electrons. The van der Waals surface area contributed by atoms with Gasteiger partial charge < -0.3 is 5.32 Å². The molecule has 140 valence electrons. The second-order valence-electron chi connectivity index (χ2n) is 6.49. The van der Waals surface area contributed by atoms with E-state index in [1.54, 1.807) is 37.5 Å². The van der Waals surface area contributed by atoms with Gasteiger partial charge in [-0.25, -0.2) is 4.98 Å². The van der Waals surface area contributed by atoms with Gasteiger partial charge in [0.15, 0.2) is 0 Å².